The Bertz CT molecular complexity index is 143. The van der Waals surface area contributed by atoms with Crippen LogP contribution < -0.4 is 5.32 Å². The Hall–Kier alpha value is -0.0900. The Morgan fingerprint density at radius 3 is 2.13 bits per heavy atom. The molecular formula is C11H24BrNO2. The van der Waals surface area contributed by atoms with E-state index in [4.69, 9.17) is 5.11 Å². The molecule has 0 bridgehead atoms. The Morgan fingerprint density at radius 1 is 1.07 bits per heavy atom. The lowest BCUT2D eigenvalue weighted by molar-refractivity contribution is -0.137. The highest BCUT2D eigenvalue weighted by molar-refractivity contribution is 8.93. The van der Waals surface area contributed by atoms with Crippen LogP contribution in [0.25, 0.3) is 0 Å². The van der Waals surface area contributed by atoms with Gasteiger partial charge in [0.2, 0.25) is 0 Å². The van der Waals surface area contributed by atoms with E-state index in [9.17, 15) is 4.79 Å². The van der Waals surface area contributed by atoms with Gasteiger partial charge in [-0.3, -0.25) is 4.79 Å². The number of nitrogens with one attached hydrogen (secondary N) is 1. The summed E-state index contributed by atoms with van der Waals surface area (Å²) < 4.78 is 0. The Labute approximate surface area is 103 Å². The van der Waals surface area contributed by atoms with Crippen molar-refractivity contribution in [3.8, 4) is 0 Å². The standard InChI is InChI=1S/C11H23NO2.BrH/c1-2-12-10-8-6-4-3-5-7-9-11(13)14;/h12H,2-10H2,1H3,(H,13,14);1H. The highest BCUT2D eigenvalue weighted by Gasteiger charge is 1.96. The van der Waals surface area contributed by atoms with E-state index in [2.05, 4.69) is 12.2 Å². The fourth-order valence-corrected chi connectivity index (χ4v) is 1.41. The van der Waals surface area contributed by atoms with E-state index in [-0.39, 0.29) is 17.0 Å². The maximum absolute atomic E-state index is 10.2. The van der Waals surface area contributed by atoms with Gasteiger partial charge in [-0.15, -0.1) is 17.0 Å². The van der Waals surface area contributed by atoms with Crippen molar-refractivity contribution >= 4 is 23.0 Å². The van der Waals surface area contributed by atoms with Crippen LogP contribution in [0.15, 0.2) is 0 Å². The molecule has 0 rings (SSSR count). The van der Waals surface area contributed by atoms with Gasteiger partial charge in [-0.1, -0.05) is 32.6 Å². The predicted molar refractivity (Wildman–Crippen MR) is 68.8 cm³/mol. The second-order valence-electron chi connectivity index (χ2n) is 3.62. The lowest BCUT2D eigenvalue weighted by Crippen LogP contribution is -2.13. The number of hydrogen-bond acceptors (Lipinski definition) is 2. The second-order valence-corrected chi connectivity index (χ2v) is 3.62. The highest BCUT2D eigenvalue weighted by atomic mass is 79.9. The summed E-state index contributed by atoms with van der Waals surface area (Å²) in [5.41, 5.74) is 0. The molecule has 0 saturated heterocycles. The van der Waals surface area contributed by atoms with E-state index in [1.165, 1.54) is 25.7 Å². The third kappa shape index (κ3) is 16.6. The van der Waals surface area contributed by atoms with E-state index in [1.807, 2.05) is 0 Å². The van der Waals surface area contributed by atoms with Gasteiger partial charge in [-0.25, -0.2) is 0 Å². The number of halogens is 1. The first-order chi connectivity index (χ1) is 6.77. The molecule has 0 unspecified atom stereocenters. The fraction of sp³-hybridized carbons (Fsp3) is 0.909. The smallest absolute Gasteiger partial charge is 0.303 e. The Morgan fingerprint density at radius 2 is 1.60 bits per heavy atom. The number of rotatable bonds is 10. The van der Waals surface area contributed by atoms with Crippen molar-refractivity contribution < 1.29 is 9.90 Å². The molecule has 0 amide bonds. The van der Waals surface area contributed by atoms with Crippen LogP contribution in [0.4, 0.5) is 0 Å². The predicted octanol–water partition coefficient (Wildman–Crippen LogP) is 2.99. The molecule has 0 aliphatic carbocycles. The number of aliphatic carboxylic acids is 1. The average Bonchev–Trinajstić information content (AvgIpc) is 2.15. The maximum Gasteiger partial charge on any atom is 0.303 e. The number of carboxylic acid groups (broad SMARTS) is 1. The molecule has 0 aromatic rings. The van der Waals surface area contributed by atoms with Gasteiger partial charge in [0.15, 0.2) is 0 Å². The van der Waals surface area contributed by atoms with E-state index in [0.29, 0.717) is 6.42 Å². The maximum atomic E-state index is 10.2. The van der Waals surface area contributed by atoms with E-state index in [0.717, 1.165) is 25.9 Å². The van der Waals surface area contributed by atoms with Crippen molar-refractivity contribution in [2.45, 2.75) is 51.9 Å². The van der Waals surface area contributed by atoms with Crippen molar-refractivity contribution in [3.05, 3.63) is 0 Å². The minimum atomic E-state index is -0.669. The first kappa shape index (κ1) is 17.3. The number of hydrogen-bond donors (Lipinski definition) is 2. The Balaban J connectivity index is 0. The van der Waals surface area contributed by atoms with Gasteiger partial charge in [0.1, 0.15) is 0 Å². The summed E-state index contributed by atoms with van der Waals surface area (Å²) in [6.07, 6.45) is 7.16. The third-order valence-electron chi connectivity index (χ3n) is 2.24. The van der Waals surface area contributed by atoms with Crippen molar-refractivity contribution in [1.29, 1.82) is 0 Å². The molecule has 15 heavy (non-hydrogen) atoms. The normalized spacial score (nSPS) is 9.67. The molecule has 3 nitrogen and oxygen atoms in total. The van der Waals surface area contributed by atoms with Crippen LogP contribution in [0.1, 0.15) is 51.9 Å². The summed E-state index contributed by atoms with van der Waals surface area (Å²) in [5, 5.41) is 11.7. The van der Waals surface area contributed by atoms with Gasteiger partial charge in [-0.2, -0.15) is 0 Å². The number of carboxylic acids is 1. The molecule has 0 radical (unpaired) electrons. The molecule has 0 saturated carbocycles. The molecule has 0 spiro atoms. The summed E-state index contributed by atoms with van der Waals surface area (Å²) in [7, 11) is 0. The summed E-state index contributed by atoms with van der Waals surface area (Å²) in [5.74, 6) is -0.669. The quantitative estimate of drug-likeness (QED) is 0.606. The van der Waals surface area contributed by atoms with Crippen LogP contribution in [0, 0.1) is 0 Å². The largest absolute Gasteiger partial charge is 0.481 e. The topological polar surface area (TPSA) is 49.3 Å². The number of carbonyl (C=O) groups is 1. The van der Waals surface area contributed by atoms with Crippen molar-refractivity contribution in [2.75, 3.05) is 13.1 Å². The first-order valence-corrected chi connectivity index (χ1v) is 5.70. The third-order valence-corrected chi connectivity index (χ3v) is 2.24. The van der Waals surface area contributed by atoms with Gasteiger partial charge in [0.05, 0.1) is 0 Å². The van der Waals surface area contributed by atoms with Gasteiger partial charge in [0.25, 0.3) is 0 Å². The van der Waals surface area contributed by atoms with Crippen LogP contribution >= 0.6 is 17.0 Å². The zero-order valence-corrected chi connectivity index (χ0v) is 11.3. The molecule has 0 atom stereocenters. The first-order valence-electron chi connectivity index (χ1n) is 5.70. The van der Waals surface area contributed by atoms with Crippen LogP contribution in [0.3, 0.4) is 0 Å². The summed E-state index contributed by atoms with van der Waals surface area (Å²) >= 11 is 0. The fourth-order valence-electron chi connectivity index (χ4n) is 1.41. The molecule has 0 aliphatic rings. The average molecular weight is 282 g/mol. The van der Waals surface area contributed by atoms with Crippen molar-refractivity contribution in [1.82, 2.24) is 5.32 Å². The van der Waals surface area contributed by atoms with E-state index in [1.54, 1.807) is 0 Å². The molecule has 0 aromatic heterocycles. The van der Waals surface area contributed by atoms with Crippen molar-refractivity contribution in [3.63, 3.8) is 0 Å². The van der Waals surface area contributed by atoms with Crippen LogP contribution in [0.2, 0.25) is 0 Å². The molecule has 0 aliphatic heterocycles. The molecule has 92 valence electrons. The molecule has 0 aromatic carbocycles. The molecule has 2 N–H and O–H groups in total. The van der Waals surface area contributed by atoms with Crippen LogP contribution in [0.5, 0.6) is 0 Å². The van der Waals surface area contributed by atoms with Crippen molar-refractivity contribution in [2.24, 2.45) is 0 Å². The minimum absolute atomic E-state index is 0. The minimum Gasteiger partial charge on any atom is -0.481 e. The molecular weight excluding hydrogens is 258 g/mol. The van der Waals surface area contributed by atoms with E-state index >= 15 is 0 Å². The molecule has 4 heteroatoms. The highest BCUT2D eigenvalue weighted by Crippen LogP contribution is 2.06. The second kappa shape index (κ2) is 13.9. The lowest BCUT2D eigenvalue weighted by atomic mass is 10.1. The van der Waals surface area contributed by atoms with Gasteiger partial charge in [-0.05, 0) is 25.9 Å². The monoisotopic (exact) mass is 281 g/mol. The lowest BCUT2D eigenvalue weighted by Gasteiger charge is -2.01. The van der Waals surface area contributed by atoms with Gasteiger partial charge >= 0.3 is 5.97 Å². The number of unbranched alkanes of at least 4 members (excludes halogenated alkanes) is 5. The van der Waals surface area contributed by atoms with Gasteiger partial charge in [0, 0.05) is 6.42 Å². The SMILES string of the molecule is Br.CCNCCCCCCCCC(=O)O. The zero-order chi connectivity index (χ0) is 10.6. The zero-order valence-electron chi connectivity index (χ0n) is 9.63. The molecule has 0 fully saturated rings. The summed E-state index contributed by atoms with van der Waals surface area (Å²) in [4.78, 5) is 10.2. The summed E-state index contributed by atoms with van der Waals surface area (Å²) in [6.45, 7) is 4.29. The Kier molecular flexibility index (Phi) is 16.1. The summed E-state index contributed by atoms with van der Waals surface area (Å²) in [6, 6.07) is 0. The van der Waals surface area contributed by atoms with Crippen LogP contribution in [-0.4, -0.2) is 24.2 Å². The van der Waals surface area contributed by atoms with E-state index < -0.39 is 5.97 Å². The van der Waals surface area contributed by atoms with Crippen LogP contribution in [-0.2, 0) is 4.79 Å². The molecule has 0 heterocycles. The van der Waals surface area contributed by atoms with Gasteiger partial charge < -0.3 is 10.4 Å².